The van der Waals surface area contributed by atoms with Crippen molar-refractivity contribution in [1.29, 1.82) is 0 Å². The smallest absolute Gasteiger partial charge is 0.234 e. The molecular formula is C22H32N2O. The minimum absolute atomic E-state index is 0.121. The number of aryl methyl sites for hydroxylation is 2. The third kappa shape index (κ3) is 3.48. The van der Waals surface area contributed by atoms with Crippen LogP contribution in [0.3, 0.4) is 0 Å². The van der Waals surface area contributed by atoms with Crippen LogP contribution in [0.4, 0.5) is 0 Å². The van der Waals surface area contributed by atoms with E-state index in [0.29, 0.717) is 6.54 Å². The molecule has 0 radical (unpaired) electrons. The average molecular weight is 341 g/mol. The number of benzene rings is 1. The van der Waals surface area contributed by atoms with Gasteiger partial charge in [0.15, 0.2) is 0 Å². The van der Waals surface area contributed by atoms with Gasteiger partial charge in [-0.2, -0.15) is 0 Å². The van der Waals surface area contributed by atoms with Crippen LogP contribution in [-0.2, 0) is 4.79 Å². The Balaban J connectivity index is 1.34. The van der Waals surface area contributed by atoms with Crippen molar-refractivity contribution < 1.29 is 4.79 Å². The lowest BCUT2D eigenvalue weighted by Gasteiger charge is -2.56. The lowest BCUT2D eigenvalue weighted by Crippen LogP contribution is -2.60. The molecule has 1 aromatic rings. The van der Waals surface area contributed by atoms with Crippen molar-refractivity contribution in [3.05, 3.63) is 34.9 Å². The molecule has 0 aliphatic heterocycles. The summed E-state index contributed by atoms with van der Waals surface area (Å²) in [4.78, 5) is 12.6. The van der Waals surface area contributed by atoms with E-state index < -0.39 is 0 Å². The molecule has 5 rings (SSSR count). The van der Waals surface area contributed by atoms with E-state index in [1.54, 1.807) is 0 Å². The molecule has 2 N–H and O–H groups in total. The van der Waals surface area contributed by atoms with Gasteiger partial charge in [0.2, 0.25) is 5.91 Å². The van der Waals surface area contributed by atoms with Crippen molar-refractivity contribution in [1.82, 2.24) is 10.6 Å². The summed E-state index contributed by atoms with van der Waals surface area (Å²) in [6, 6.07) is 6.73. The molecular weight excluding hydrogens is 308 g/mol. The molecule has 3 nitrogen and oxygen atoms in total. The maximum atomic E-state index is 12.6. The highest BCUT2D eigenvalue weighted by Gasteiger charge is 2.51. The van der Waals surface area contributed by atoms with Gasteiger partial charge in [0.1, 0.15) is 0 Å². The zero-order valence-electron chi connectivity index (χ0n) is 15.9. The summed E-state index contributed by atoms with van der Waals surface area (Å²) in [5.41, 5.74) is 3.97. The highest BCUT2D eigenvalue weighted by molar-refractivity contribution is 5.79. The molecule has 4 aliphatic carbocycles. The van der Waals surface area contributed by atoms with E-state index in [0.717, 1.165) is 17.8 Å². The number of carbonyl (C=O) groups excluding carboxylic acids is 1. The van der Waals surface area contributed by atoms with E-state index in [1.807, 2.05) is 0 Å². The van der Waals surface area contributed by atoms with Gasteiger partial charge in [0, 0.05) is 11.6 Å². The lowest BCUT2D eigenvalue weighted by atomic mass is 9.53. The summed E-state index contributed by atoms with van der Waals surface area (Å²) in [5.74, 6) is 2.79. The molecule has 1 aromatic carbocycles. The molecule has 0 spiro atoms. The highest BCUT2D eigenvalue weighted by atomic mass is 16.2. The number of amides is 1. The van der Waals surface area contributed by atoms with E-state index in [2.05, 4.69) is 49.6 Å². The molecule has 0 aromatic heterocycles. The summed E-state index contributed by atoms with van der Waals surface area (Å²) in [6.45, 7) is 6.83. The Labute approximate surface area is 152 Å². The lowest BCUT2D eigenvalue weighted by molar-refractivity contribution is -0.126. The first kappa shape index (κ1) is 17.1. The Morgan fingerprint density at radius 1 is 1.12 bits per heavy atom. The average Bonchev–Trinajstić information content (AvgIpc) is 2.53. The molecule has 1 unspecified atom stereocenters. The van der Waals surface area contributed by atoms with Crippen LogP contribution < -0.4 is 10.6 Å². The second-order valence-electron chi connectivity index (χ2n) is 9.21. The minimum atomic E-state index is 0.121. The van der Waals surface area contributed by atoms with Crippen molar-refractivity contribution in [3.8, 4) is 0 Å². The second-order valence-corrected chi connectivity index (χ2v) is 9.21. The normalized spacial score (nSPS) is 34.1. The number of hydrogen-bond acceptors (Lipinski definition) is 2. The molecule has 3 heteroatoms. The Kier molecular flexibility index (Phi) is 4.39. The van der Waals surface area contributed by atoms with Gasteiger partial charge in [-0.3, -0.25) is 4.79 Å². The SMILES string of the molecule is Cc1ccc(C)c(C(C)NCC(=O)NC23CC4CC(CC(C4)C2)C3)c1. The van der Waals surface area contributed by atoms with Crippen LogP contribution in [0.1, 0.15) is 68.2 Å². The van der Waals surface area contributed by atoms with Crippen LogP contribution in [0.25, 0.3) is 0 Å². The number of carbonyl (C=O) groups is 1. The molecule has 4 fully saturated rings. The van der Waals surface area contributed by atoms with Gasteiger partial charge in [-0.15, -0.1) is 0 Å². The molecule has 0 saturated heterocycles. The second kappa shape index (κ2) is 6.42. The van der Waals surface area contributed by atoms with Crippen LogP contribution in [0.5, 0.6) is 0 Å². The summed E-state index contributed by atoms with van der Waals surface area (Å²) in [5, 5.41) is 6.89. The summed E-state index contributed by atoms with van der Waals surface area (Å²) < 4.78 is 0. The Bertz CT molecular complexity index is 631. The molecule has 4 bridgehead atoms. The molecule has 4 saturated carbocycles. The van der Waals surface area contributed by atoms with Crippen molar-refractivity contribution in [2.45, 2.75) is 70.9 Å². The zero-order chi connectivity index (χ0) is 17.6. The van der Waals surface area contributed by atoms with E-state index in [-0.39, 0.29) is 17.5 Å². The molecule has 136 valence electrons. The van der Waals surface area contributed by atoms with Crippen LogP contribution in [0, 0.1) is 31.6 Å². The summed E-state index contributed by atoms with van der Waals surface area (Å²) in [7, 11) is 0. The molecule has 0 heterocycles. The molecule has 1 amide bonds. The quantitative estimate of drug-likeness (QED) is 0.849. The van der Waals surface area contributed by atoms with Crippen LogP contribution in [0.2, 0.25) is 0 Å². The molecule has 25 heavy (non-hydrogen) atoms. The van der Waals surface area contributed by atoms with Gasteiger partial charge in [0.05, 0.1) is 6.54 Å². The van der Waals surface area contributed by atoms with E-state index in [1.165, 1.54) is 55.2 Å². The topological polar surface area (TPSA) is 41.1 Å². The molecule has 1 atom stereocenters. The maximum Gasteiger partial charge on any atom is 0.234 e. The van der Waals surface area contributed by atoms with Gasteiger partial charge in [0.25, 0.3) is 0 Å². The van der Waals surface area contributed by atoms with Gasteiger partial charge in [-0.1, -0.05) is 23.8 Å². The van der Waals surface area contributed by atoms with Crippen molar-refractivity contribution >= 4 is 5.91 Å². The van der Waals surface area contributed by atoms with Crippen molar-refractivity contribution in [3.63, 3.8) is 0 Å². The third-order valence-electron chi connectivity index (χ3n) is 6.91. The minimum Gasteiger partial charge on any atom is -0.350 e. The fourth-order valence-electron chi connectivity index (χ4n) is 6.19. The maximum absolute atomic E-state index is 12.6. The fourth-order valence-corrected chi connectivity index (χ4v) is 6.19. The monoisotopic (exact) mass is 340 g/mol. The van der Waals surface area contributed by atoms with Gasteiger partial charge in [-0.25, -0.2) is 0 Å². The largest absolute Gasteiger partial charge is 0.350 e. The standard InChI is InChI=1S/C22H32N2O/c1-14-4-5-15(2)20(6-14)16(3)23-13-21(25)24-22-10-17-7-18(11-22)9-19(8-17)12-22/h4-6,16-19,23H,7-13H2,1-3H3,(H,24,25). The Morgan fingerprint density at radius 3 is 2.32 bits per heavy atom. The van der Waals surface area contributed by atoms with Gasteiger partial charge in [-0.05, 0) is 88.2 Å². The van der Waals surface area contributed by atoms with Crippen LogP contribution in [0.15, 0.2) is 18.2 Å². The third-order valence-corrected chi connectivity index (χ3v) is 6.91. The molecule has 4 aliphatic rings. The van der Waals surface area contributed by atoms with E-state index in [4.69, 9.17) is 0 Å². The van der Waals surface area contributed by atoms with Crippen LogP contribution in [-0.4, -0.2) is 18.0 Å². The first-order valence-corrected chi connectivity index (χ1v) is 10.0. The van der Waals surface area contributed by atoms with E-state index >= 15 is 0 Å². The number of rotatable bonds is 5. The first-order chi connectivity index (χ1) is 11.9. The predicted molar refractivity (Wildman–Crippen MR) is 101 cm³/mol. The zero-order valence-corrected chi connectivity index (χ0v) is 15.9. The van der Waals surface area contributed by atoms with Gasteiger partial charge >= 0.3 is 0 Å². The van der Waals surface area contributed by atoms with Crippen molar-refractivity contribution in [2.75, 3.05) is 6.54 Å². The fraction of sp³-hybridized carbons (Fsp3) is 0.682. The Morgan fingerprint density at radius 2 is 1.72 bits per heavy atom. The summed E-state index contributed by atoms with van der Waals surface area (Å²) >= 11 is 0. The Hall–Kier alpha value is -1.35. The summed E-state index contributed by atoms with van der Waals surface area (Å²) in [6.07, 6.45) is 7.90. The highest BCUT2D eigenvalue weighted by Crippen LogP contribution is 2.55. The van der Waals surface area contributed by atoms with E-state index in [9.17, 15) is 4.79 Å². The number of nitrogens with one attached hydrogen (secondary N) is 2. The van der Waals surface area contributed by atoms with Crippen LogP contribution >= 0.6 is 0 Å². The number of hydrogen-bond donors (Lipinski definition) is 2. The predicted octanol–water partition coefficient (Wildman–Crippen LogP) is 4.04. The van der Waals surface area contributed by atoms with Crippen molar-refractivity contribution in [2.24, 2.45) is 17.8 Å². The first-order valence-electron chi connectivity index (χ1n) is 10.0. The van der Waals surface area contributed by atoms with Gasteiger partial charge < -0.3 is 10.6 Å².